The number of non-ortho nitro benzene ring substituents is 1. The number of hydrogen-bond donors (Lipinski definition) is 2. The molecule has 0 aliphatic rings. The number of aromatic nitrogens is 1. The van der Waals surface area contributed by atoms with Crippen LogP contribution in [0.3, 0.4) is 0 Å². The number of amides is 1. The zero-order valence-electron chi connectivity index (χ0n) is 16.0. The van der Waals surface area contributed by atoms with Gasteiger partial charge in [0.25, 0.3) is 11.6 Å². The molecule has 0 bridgehead atoms. The van der Waals surface area contributed by atoms with Crippen molar-refractivity contribution in [1.82, 2.24) is 4.98 Å². The lowest BCUT2D eigenvalue weighted by Crippen LogP contribution is -2.14. The second-order valence-electron chi connectivity index (χ2n) is 6.17. The molecule has 0 atom stereocenters. The number of nitro groups is 1. The van der Waals surface area contributed by atoms with Gasteiger partial charge in [0, 0.05) is 42.9 Å². The Kier molecular flexibility index (Phi) is 6.53. The summed E-state index contributed by atoms with van der Waals surface area (Å²) in [6.07, 6.45) is 0.839. The van der Waals surface area contributed by atoms with Gasteiger partial charge in [0.2, 0.25) is 0 Å². The fourth-order valence-corrected chi connectivity index (χ4v) is 3.46. The number of thiazole rings is 1. The third kappa shape index (κ3) is 4.95. The average Bonchev–Trinajstić information content (AvgIpc) is 3.20. The maximum Gasteiger partial charge on any atom is 0.270 e. The highest BCUT2D eigenvalue weighted by Gasteiger charge is 2.17. The van der Waals surface area contributed by atoms with Crippen molar-refractivity contribution in [1.29, 1.82) is 0 Å². The largest absolute Gasteiger partial charge is 0.387 e. The molecule has 2 N–H and O–H groups in total. The van der Waals surface area contributed by atoms with Gasteiger partial charge in [-0.2, -0.15) is 0 Å². The molecule has 1 heterocycles. The van der Waals surface area contributed by atoms with Crippen LogP contribution in [0.25, 0.3) is 11.3 Å². The number of hydrogen-bond acceptors (Lipinski definition) is 7. The van der Waals surface area contributed by atoms with Crippen molar-refractivity contribution in [3.63, 3.8) is 0 Å². The van der Waals surface area contributed by atoms with Crippen molar-refractivity contribution in [3.05, 3.63) is 69.1 Å². The van der Waals surface area contributed by atoms with Gasteiger partial charge in [0.1, 0.15) is 0 Å². The Morgan fingerprint density at radius 2 is 2.00 bits per heavy atom. The van der Waals surface area contributed by atoms with Crippen molar-refractivity contribution in [2.24, 2.45) is 0 Å². The van der Waals surface area contributed by atoms with E-state index in [1.807, 2.05) is 29.6 Å². The molecule has 1 aromatic heterocycles. The highest BCUT2D eigenvalue weighted by Crippen LogP contribution is 2.27. The number of rotatable bonds is 8. The molecule has 3 rings (SSSR count). The molecule has 0 radical (unpaired) electrons. The summed E-state index contributed by atoms with van der Waals surface area (Å²) in [6.45, 7) is 0.665. The van der Waals surface area contributed by atoms with Gasteiger partial charge in [-0.3, -0.25) is 20.2 Å². The number of carbonyl (C=O) groups excluding carboxylic acids is 1. The molecule has 0 aliphatic heterocycles. The third-order valence-corrected chi connectivity index (χ3v) is 5.05. The molecule has 150 valence electrons. The van der Waals surface area contributed by atoms with E-state index in [1.165, 1.54) is 35.1 Å². The number of nitrogens with zero attached hydrogens (tertiary/aromatic N) is 2. The molecule has 0 aliphatic carbocycles. The first-order valence-electron chi connectivity index (χ1n) is 8.83. The van der Waals surface area contributed by atoms with Gasteiger partial charge in [-0.05, 0) is 18.1 Å². The van der Waals surface area contributed by atoms with Crippen LogP contribution in [-0.4, -0.2) is 36.6 Å². The Labute approximate surface area is 171 Å². The van der Waals surface area contributed by atoms with Crippen molar-refractivity contribution in [3.8, 4) is 11.3 Å². The maximum absolute atomic E-state index is 12.6. The first-order valence-corrected chi connectivity index (χ1v) is 9.71. The van der Waals surface area contributed by atoms with Crippen LogP contribution < -0.4 is 10.6 Å². The van der Waals surface area contributed by atoms with Crippen LogP contribution in [0.2, 0.25) is 0 Å². The fourth-order valence-electron chi connectivity index (χ4n) is 2.74. The third-order valence-electron chi connectivity index (χ3n) is 4.30. The normalized spacial score (nSPS) is 10.6. The average molecular weight is 412 g/mol. The van der Waals surface area contributed by atoms with Crippen molar-refractivity contribution >= 4 is 33.8 Å². The van der Waals surface area contributed by atoms with E-state index in [2.05, 4.69) is 15.6 Å². The van der Waals surface area contributed by atoms with Crippen LogP contribution in [-0.2, 0) is 11.2 Å². The van der Waals surface area contributed by atoms with Crippen LogP contribution in [0.5, 0.6) is 0 Å². The lowest BCUT2D eigenvalue weighted by Gasteiger charge is -2.08. The number of nitrogens with one attached hydrogen (secondary N) is 2. The molecule has 3 aromatic rings. The van der Waals surface area contributed by atoms with E-state index >= 15 is 0 Å². The predicted octanol–water partition coefficient (Wildman–Crippen LogP) is 4.20. The van der Waals surface area contributed by atoms with Crippen molar-refractivity contribution in [2.75, 3.05) is 31.4 Å². The Balaban J connectivity index is 1.75. The Morgan fingerprint density at radius 1 is 1.24 bits per heavy atom. The lowest BCUT2D eigenvalue weighted by atomic mass is 10.1. The summed E-state index contributed by atoms with van der Waals surface area (Å²) < 4.78 is 5.08. The molecule has 0 saturated carbocycles. The smallest absolute Gasteiger partial charge is 0.270 e. The minimum Gasteiger partial charge on any atom is -0.387 e. The minimum atomic E-state index is -0.534. The number of ether oxygens (including phenoxy) is 1. The molecule has 0 fully saturated rings. The molecule has 29 heavy (non-hydrogen) atoms. The minimum absolute atomic E-state index is 0.150. The number of methoxy groups -OCH3 is 1. The molecule has 1 amide bonds. The molecule has 9 heteroatoms. The summed E-state index contributed by atoms with van der Waals surface area (Å²) in [6, 6.07) is 12.1. The van der Waals surface area contributed by atoms with E-state index in [4.69, 9.17) is 4.74 Å². The number of nitro benzene ring substituents is 1. The molecule has 2 aromatic carbocycles. The predicted molar refractivity (Wildman–Crippen MR) is 114 cm³/mol. The second-order valence-corrected chi connectivity index (χ2v) is 7.03. The van der Waals surface area contributed by atoms with E-state index < -0.39 is 10.8 Å². The van der Waals surface area contributed by atoms with Crippen LogP contribution >= 0.6 is 11.3 Å². The van der Waals surface area contributed by atoms with Crippen LogP contribution in [0.15, 0.2) is 47.8 Å². The summed E-state index contributed by atoms with van der Waals surface area (Å²) in [5, 5.41) is 18.9. The van der Waals surface area contributed by atoms with Gasteiger partial charge in [-0.15, -0.1) is 11.3 Å². The van der Waals surface area contributed by atoms with E-state index in [-0.39, 0.29) is 11.3 Å². The topological polar surface area (TPSA) is 106 Å². The summed E-state index contributed by atoms with van der Waals surface area (Å²) in [5.41, 5.74) is 3.38. The summed E-state index contributed by atoms with van der Waals surface area (Å²) in [4.78, 5) is 27.6. The molecule has 0 saturated heterocycles. The van der Waals surface area contributed by atoms with Gasteiger partial charge in [0.15, 0.2) is 5.13 Å². The molecular formula is C20H20N4O4S. The van der Waals surface area contributed by atoms with Gasteiger partial charge in [-0.1, -0.05) is 24.3 Å². The fraction of sp³-hybridized carbons (Fsp3) is 0.200. The van der Waals surface area contributed by atoms with Crippen LogP contribution in [0.4, 0.5) is 16.5 Å². The van der Waals surface area contributed by atoms with E-state index in [9.17, 15) is 14.9 Å². The van der Waals surface area contributed by atoms with Gasteiger partial charge < -0.3 is 10.1 Å². The molecule has 8 nitrogen and oxygen atoms in total. The summed E-state index contributed by atoms with van der Waals surface area (Å²) >= 11 is 1.29. The zero-order chi connectivity index (χ0) is 20.8. The highest BCUT2D eigenvalue weighted by atomic mass is 32.1. The van der Waals surface area contributed by atoms with Crippen LogP contribution in [0.1, 0.15) is 15.9 Å². The number of anilines is 2. The van der Waals surface area contributed by atoms with Crippen LogP contribution in [0, 0.1) is 10.1 Å². The number of benzene rings is 2. The molecular weight excluding hydrogens is 392 g/mol. The molecule has 0 spiro atoms. The summed E-state index contributed by atoms with van der Waals surface area (Å²) in [7, 11) is 3.32. The Morgan fingerprint density at radius 3 is 2.66 bits per heavy atom. The zero-order valence-corrected chi connectivity index (χ0v) is 16.8. The summed E-state index contributed by atoms with van der Waals surface area (Å²) in [5.74, 6) is -0.464. The van der Waals surface area contributed by atoms with E-state index in [0.717, 1.165) is 17.7 Å². The quantitative estimate of drug-likeness (QED) is 0.424. The van der Waals surface area contributed by atoms with Gasteiger partial charge >= 0.3 is 0 Å². The SMILES string of the molecule is CNc1ccc([N+](=O)[O-])cc1C(=O)Nc1nc(-c2ccc(CCOC)cc2)cs1. The lowest BCUT2D eigenvalue weighted by molar-refractivity contribution is -0.384. The molecule has 0 unspecified atom stereocenters. The highest BCUT2D eigenvalue weighted by molar-refractivity contribution is 7.14. The first kappa shape index (κ1) is 20.4. The second kappa shape index (κ2) is 9.26. The van der Waals surface area contributed by atoms with E-state index in [0.29, 0.717) is 17.4 Å². The Hall–Kier alpha value is -3.30. The maximum atomic E-state index is 12.6. The van der Waals surface area contributed by atoms with E-state index in [1.54, 1.807) is 14.2 Å². The van der Waals surface area contributed by atoms with Gasteiger partial charge in [0.05, 0.1) is 22.8 Å². The first-order chi connectivity index (χ1) is 14.0. The van der Waals surface area contributed by atoms with Crippen molar-refractivity contribution in [2.45, 2.75) is 6.42 Å². The Bertz CT molecular complexity index is 1020. The number of carbonyl (C=O) groups is 1. The standard InChI is InChI=1S/C20H20N4O4S/c1-21-17-8-7-15(24(26)27)11-16(17)19(25)23-20-22-18(12-29-20)14-5-3-13(4-6-14)9-10-28-2/h3-8,11-12,21H,9-10H2,1-2H3,(H,22,23,25). The van der Waals surface area contributed by atoms with Gasteiger partial charge in [-0.25, -0.2) is 4.98 Å². The van der Waals surface area contributed by atoms with Crippen molar-refractivity contribution < 1.29 is 14.5 Å². The monoisotopic (exact) mass is 412 g/mol.